The lowest BCUT2D eigenvalue weighted by molar-refractivity contribution is 0.0601. The molecular formula is C11H22N2O. The zero-order chi connectivity index (χ0) is 9.80. The predicted molar refractivity (Wildman–Crippen MR) is 57.5 cm³/mol. The van der Waals surface area contributed by atoms with Crippen LogP contribution in [0.15, 0.2) is 0 Å². The zero-order valence-corrected chi connectivity index (χ0v) is 9.17. The van der Waals surface area contributed by atoms with Gasteiger partial charge < -0.3 is 10.1 Å². The predicted octanol–water partition coefficient (Wildman–Crippen LogP) is 0.849. The molecule has 0 bridgehead atoms. The molecule has 0 aromatic rings. The van der Waals surface area contributed by atoms with Gasteiger partial charge in [0.25, 0.3) is 0 Å². The first-order valence-electron chi connectivity index (χ1n) is 5.88. The SMILES string of the molecule is COCCN1CCN[C@H]2CCCC[C@H]21. The van der Waals surface area contributed by atoms with Crippen molar-refractivity contribution in [1.82, 2.24) is 10.2 Å². The van der Waals surface area contributed by atoms with Gasteiger partial charge in [-0.15, -0.1) is 0 Å². The minimum absolute atomic E-state index is 0.759. The van der Waals surface area contributed by atoms with Crippen molar-refractivity contribution in [3.8, 4) is 0 Å². The molecule has 0 amide bonds. The first-order chi connectivity index (χ1) is 6.92. The highest BCUT2D eigenvalue weighted by molar-refractivity contribution is 4.91. The Balaban J connectivity index is 1.88. The maximum Gasteiger partial charge on any atom is 0.0589 e. The Bertz CT molecular complexity index is 173. The number of nitrogens with zero attached hydrogens (tertiary/aromatic N) is 1. The Hall–Kier alpha value is -0.120. The van der Waals surface area contributed by atoms with E-state index in [1.807, 2.05) is 0 Å². The van der Waals surface area contributed by atoms with Crippen LogP contribution in [0.5, 0.6) is 0 Å². The number of hydrogen-bond acceptors (Lipinski definition) is 3. The van der Waals surface area contributed by atoms with Crippen LogP contribution in [0.3, 0.4) is 0 Å². The molecule has 2 aliphatic rings. The first kappa shape index (κ1) is 10.4. The molecule has 1 heterocycles. The number of ether oxygens (including phenoxy) is 1. The van der Waals surface area contributed by atoms with E-state index in [9.17, 15) is 0 Å². The maximum absolute atomic E-state index is 5.16. The molecule has 2 rings (SSSR count). The highest BCUT2D eigenvalue weighted by Crippen LogP contribution is 2.24. The van der Waals surface area contributed by atoms with Crippen LogP contribution in [-0.4, -0.2) is 50.3 Å². The van der Waals surface area contributed by atoms with Crippen molar-refractivity contribution >= 4 is 0 Å². The summed E-state index contributed by atoms with van der Waals surface area (Å²) >= 11 is 0. The van der Waals surface area contributed by atoms with Crippen molar-refractivity contribution in [3.05, 3.63) is 0 Å². The molecule has 1 aliphatic carbocycles. The Morgan fingerprint density at radius 2 is 2.21 bits per heavy atom. The van der Waals surface area contributed by atoms with Gasteiger partial charge in [-0.1, -0.05) is 12.8 Å². The van der Waals surface area contributed by atoms with Crippen LogP contribution >= 0.6 is 0 Å². The van der Waals surface area contributed by atoms with Crippen molar-refractivity contribution in [2.75, 3.05) is 33.4 Å². The summed E-state index contributed by atoms with van der Waals surface area (Å²) in [5.41, 5.74) is 0. The molecule has 0 spiro atoms. The van der Waals surface area contributed by atoms with E-state index in [2.05, 4.69) is 10.2 Å². The summed E-state index contributed by atoms with van der Waals surface area (Å²) in [4.78, 5) is 2.61. The normalized spacial score (nSPS) is 34.1. The van der Waals surface area contributed by atoms with E-state index in [4.69, 9.17) is 4.74 Å². The topological polar surface area (TPSA) is 24.5 Å². The summed E-state index contributed by atoms with van der Waals surface area (Å²) in [5.74, 6) is 0. The third-order valence-corrected chi connectivity index (χ3v) is 3.59. The van der Waals surface area contributed by atoms with Gasteiger partial charge in [0.05, 0.1) is 6.61 Å². The maximum atomic E-state index is 5.16. The van der Waals surface area contributed by atoms with Crippen LogP contribution < -0.4 is 5.32 Å². The summed E-state index contributed by atoms with van der Waals surface area (Å²) in [6.45, 7) is 4.35. The van der Waals surface area contributed by atoms with Gasteiger partial charge in [0.2, 0.25) is 0 Å². The average Bonchev–Trinajstić information content (AvgIpc) is 2.26. The second-order valence-corrected chi connectivity index (χ2v) is 4.44. The largest absolute Gasteiger partial charge is 0.383 e. The Morgan fingerprint density at radius 1 is 1.36 bits per heavy atom. The van der Waals surface area contributed by atoms with Crippen molar-refractivity contribution in [2.24, 2.45) is 0 Å². The Kier molecular flexibility index (Phi) is 3.79. The Labute approximate surface area is 86.8 Å². The molecule has 1 saturated heterocycles. The van der Waals surface area contributed by atoms with Gasteiger partial charge in [-0.25, -0.2) is 0 Å². The summed E-state index contributed by atoms with van der Waals surface area (Å²) in [6, 6.07) is 1.54. The van der Waals surface area contributed by atoms with Crippen molar-refractivity contribution < 1.29 is 4.74 Å². The second kappa shape index (κ2) is 5.10. The molecule has 1 N–H and O–H groups in total. The summed E-state index contributed by atoms with van der Waals surface area (Å²) < 4.78 is 5.16. The fraction of sp³-hybridized carbons (Fsp3) is 1.00. The van der Waals surface area contributed by atoms with Crippen LogP contribution in [0.25, 0.3) is 0 Å². The van der Waals surface area contributed by atoms with Gasteiger partial charge in [0, 0.05) is 38.8 Å². The minimum atomic E-state index is 0.759. The van der Waals surface area contributed by atoms with E-state index in [0.717, 1.165) is 31.8 Å². The number of nitrogens with one attached hydrogen (secondary N) is 1. The van der Waals surface area contributed by atoms with Gasteiger partial charge in [-0.3, -0.25) is 4.90 Å². The molecule has 1 saturated carbocycles. The quantitative estimate of drug-likeness (QED) is 0.727. The molecule has 2 atom stereocenters. The van der Waals surface area contributed by atoms with E-state index < -0.39 is 0 Å². The average molecular weight is 198 g/mol. The highest BCUT2D eigenvalue weighted by Gasteiger charge is 2.32. The molecule has 0 aromatic carbocycles. The minimum Gasteiger partial charge on any atom is -0.383 e. The van der Waals surface area contributed by atoms with Crippen molar-refractivity contribution in [1.29, 1.82) is 0 Å². The third-order valence-electron chi connectivity index (χ3n) is 3.59. The lowest BCUT2D eigenvalue weighted by Gasteiger charge is -2.44. The number of methoxy groups -OCH3 is 1. The molecule has 3 nitrogen and oxygen atoms in total. The van der Waals surface area contributed by atoms with Crippen LogP contribution in [0.4, 0.5) is 0 Å². The molecule has 0 radical (unpaired) electrons. The van der Waals surface area contributed by atoms with Crippen LogP contribution in [0.2, 0.25) is 0 Å². The third kappa shape index (κ3) is 2.27. The number of piperazine rings is 1. The zero-order valence-electron chi connectivity index (χ0n) is 9.17. The Morgan fingerprint density at radius 3 is 3.07 bits per heavy atom. The highest BCUT2D eigenvalue weighted by atomic mass is 16.5. The van der Waals surface area contributed by atoms with Crippen LogP contribution in [0.1, 0.15) is 25.7 Å². The van der Waals surface area contributed by atoms with E-state index in [0.29, 0.717) is 0 Å². The number of hydrogen-bond donors (Lipinski definition) is 1. The number of fused-ring (bicyclic) bond motifs is 1. The first-order valence-corrected chi connectivity index (χ1v) is 5.88. The van der Waals surface area contributed by atoms with Gasteiger partial charge in [-0.2, -0.15) is 0 Å². The van der Waals surface area contributed by atoms with Gasteiger partial charge in [0.15, 0.2) is 0 Å². The molecule has 3 heteroatoms. The molecule has 2 fully saturated rings. The summed E-state index contributed by atoms with van der Waals surface area (Å²) in [5, 5.41) is 3.64. The molecule has 1 aliphatic heterocycles. The monoisotopic (exact) mass is 198 g/mol. The van der Waals surface area contributed by atoms with Crippen LogP contribution in [0, 0.1) is 0 Å². The summed E-state index contributed by atoms with van der Waals surface area (Å²) in [6.07, 6.45) is 5.56. The van der Waals surface area contributed by atoms with Crippen molar-refractivity contribution in [2.45, 2.75) is 37.8 Å². The molecule has 14 heavy (non-hydrogen) atoms. The summed E-state index contributed by atoms with van der Waals surface area (Å²) in [7, 11) is 1.79. The fourth-order valence-corrected chi connectivity index (χ4v) is 2.83. The lowest BCUT2D eigenvalue weighted by atomic mass is 9.87. The standard InChI is InChI=1S/C11H22N2O/c1-14-9-8-13-7-6-12-10-4-2-3-5-11(10)13/h10-12H,2-9H2,1H3/t10-,11+/m0/s1. The molecule has 0 unspecified atom stereocenters. The van der Waals surface area contributed by atoms with E-state index >= 15 is 0 Å². The van der Waals surface area contributed by atoms with Gasteiger partial charge >= 0.3 is 0 Å². The van der Waals surface area contributed by atoms with E-state index in [1.54, 1.807) is 7.11 Å². The number of rotatable bonds is 3. The lowest BCUT2D eigenvalue weighted by Crippen LogP contribution is -2.59. The van der Waals surface area contributed by atoms with Crippen molar-refractivity contribution in [3.63, 3.8) is 0 Å². The van der Waals surface area contributed by atoms with Gasteiger partial charge in [0.1, 0.15) is 0 Å². The second-order valence-electron chi connectivity index (χ2n) is 4.44. The van der Waals surface area contributed by atoms with E-state index in [-0.39, 0.29) is 0 Å². The molecule has 0 aromatic heterocycles. The smallest absolute Gasteiger partial charge is 0.0589 e. The molecular weight excluding hydrogens is 176 g/mol. The fourth-order valence-electron chi connectivity index (χ4n) is 2.83. The van der Waals surface area contributed by atoms with Crippen LogP contribution in [-0.2, 0) is 4.74 Å². The van der Waals surface area contributed by atoms with Gasteiger partial charge in [-0.05, 0) is 12.8 Å². The van der Waals surface area contributed by atoms with E-state index in [1.165, 1.54) is 32.2 Å². The molecule has 82 valence electrons.